The van der Waals surface area contributed by atoms with Crippen molar-refractivity contribution in [1.82, 2.24) is 0 Å². The van der Waals surface area contributed by atoms with E-state index in [9.17, 15) is 35.9 Å². The van der Waals surface area contributed by atoms with Gasteiger partial charge in [0.25, 0.3) is 0 Å². The van der Waals surface area contributed by atoms with Crippen LogP contribution in [0, 0.1) is 5.92 Å². The summed E-state index contributed by atoms with van der Waals surface area (Å²) in [6.45, 7) is 0. The number of carbonyl (C=O) groups is 2. The summed E-state index contributed by atoms with van der Waals surface area (Å²) >= 11 is 0. The van der Waals surface area contributed by atoms with Crippen molar-refractivity contribution in [3.8, 4) is 0 Å². The molecule has 0 aromatic heterocycles. The molecule has 10 heteroatoms. The van der Waals surface area contributed by atoms with Gasteiger partial charge in [0, 0.05) is 0 Å². The Bertz CT molecular complexity index is 382. The van der Waals surface area contributed by atoms with Crippen LogP contribution in [-0.4, -0.2) is 35.0 Å². The first-order valence-corrected chi connectivity index (χ1v) is 5.49. The normalized spacial score (nSPS) is 17.5. The maximum atomic E-state index is 12.7. The molecule has 0 spiro atoms. The highest BCUT2D eigenvalue weighted by atomic mass is 19.4. The van der Waals surface area contributed by atoms with Gasteiger partial charge in [-0.15, -0.1) is 0 Å². The van der Waals surface area contributed by atoms with Crippen LogP contribution >= 0.6 is 0 Å². The molecule has 20 heavy (non-hydrogen) atoms. The van der Waals surface area contributed by atoms with Crippen molar-refractivity contribution >= 4 is 11.9 Å². The maximum absolute atomic E-state index is 12.7. The van der Waals surface area contributed by atoms with Gasteiger partial charge in [-0.3, -0.25) is 9.59 Å². The highest BCUT2D eigenvalue weighted by molar-refractivity contribution is 5.75. The molecule has 0 bridgehead atoms. The highest BCUT2D eigenvalue weighted by Crippen LogP contribution is 2.49. The lowest BCUT2D eigenvalue weighted by molar-refractivity contribution is -0.370. The van der Waals surface area contributed by atoms with E-state index in [1.165, 1.54) is 0 Å². The summed E-state index contributed by atoms with van der Waals surface area (Å²) in [5.41, 5.74) is -5.02. The third-order valence-corrected chi connectivity index (χ3v) is 3.03. The predicted octanol–water partition coefficient (Wildman–Crippen LogP) is 2.67. The first-order valence-electron chi connectivity index (χ1n) is 5.49. The molecule has 0 amide bonds. The zero-order chi connectivity index (χ0) is 15.8. The van der Waals surface area contributed by atoms with E-state index in [1.807, 2.05) is 0 Å². The molecule has 1 saturated carbocycles. The van der Waals surface area contributed by atoms with Crippen LogP contribution in [0.5, 0.6) is 0 Å². The molecule has 0 heterocycles. The van der Waals surface area contributed by atoms with Gasteiger partial charge < -0.3 is 9.84 Å². The second kappa shape index (κ2) is 5.13. The number of esters is 1. The van der Waals surface area contributed by atoms with Gasteiger partial charge >= 0.3 is 29.9 Å². The van der Waals surface area contributed by atoms with E-state index in [4.69, 9.17) is 5.11 Å². The second-order valence-corrected chi connectivity index (χ2v) is 4.44. The number of carboxylic acid groups (broad SMARTS) is 1. The molecule has 1 aliphatic rings. The zero-order valence-electron chi connectivity index (χ0n) is 9.85. The first-order chi connectivity index (χ1) is 8.91. The Labute approximate surface area is 108 Å². The molecule has 0 radical (unpaired) electrons. The third kappa shape index (κ3) is 2.98. The average Bonchev–Trinajstić information content (AvgIpc) is 2.08. The molecule has 0 aromatic carbocycles. The molecule has 1 fully saturated rings. The van der Waals surface area contributed by atoms with E-state index in [-0.39, 0.29) is 12.8 Å². The molecule has 1 aliphatic carbocycles. The molecule has 0 saturated heterocycles. The molecule has 0 aliphatic heterocycles. The summed E-state index contributed by atoms with van der Waals surface area (Å²) in [5, 5.41) is 8.31. The van der Waals surface area contributed by atoms with E-state index in [0.29, 0.717) is 6.42 Å². The summed E-state index contributed by atoms with van der Waals surface area (Å²) in [6, 6.07) is 0. The largest absolute Gasteiger partial charge is 0.481 e. The van der Waals surface area contributed by atoms with Crippen LogP contribution in [0.1, 0.15) is 25.7 Å². The topological polar surface area (TPSA) is 63.6 Å². The van der Waals surface area contributed by atoms with Crippen molar-refractivity contribution in [1.29, 1.82) is 0 Å². The number of rotatable bonds is 4. The van der Waals surface area contributed by atoms with Crippen molar-refractivity contribution in [3.05, 3.63) is 0 Å². The van der Waals surface area contributed by atoms with Gasteiger partial charge in [0.05, 0.1) is 5.92 Å². The Morgan fingerprint density at radius 2 is 1.50 bits per heavy atom. The van der Waals surface area contributed by atoms with Gasteiger partial charge in [-0.05, 0) is 12.8 Å². The lowest BCUT2D eigenvalue weighted by atomic mass is 9.85. The number of ether oxygens (including phenoxy) is 1. The predicted molar refractivity (Wildman–Crippen MR) is 50.5 cm³/mol. The highest BCUT2D eigenvalue weighted by Gasteiger charge is 2.75. The molecule has 0 aromatic rings. The average molecular weight is 308 g/mol. The van der Waals surface area contributed by atoms with Crippen LogP contribution in [0.15, 0.2) is 0 Å². The van der Waals surface area contributed by atoms with Gasteiger partial charge in [-0.25, -0.2) is 0 Å². The van der Waals surface area contributed by atoms with Gasteiger partial charge in [0.1, 0.15) is 6.42 Å². The van der Waals surface area contributed by atoms with Gasteiger partial charge in [-0.1, -0.05) is 6.42 Å². The number of halogens is 6. The molecule has 1 N–H and O–H groups in total. The molecular weight excluding hydrogens is 298 g/mol. The Kier molecular flexibility index (Phi) is 4.25. The molecule has 4 nitrogen and oxygen atoms in total. The number of hydrogen-bond donors (Lipinski definition) is 1. The van der Waals surface area contributed by atoms with E-state index >= 15 is 0 Å². The fourth-order valence-corrected chi connectivity index (χ4v) is 1.62. The SMILES string of the molecule is O=C(O)CC(OC(=O)C1CCC1)(C(F)(F)F)C(F)(F)F. The quantitative estimate of drug-likeness (QED) is 0.640. The monoisotopic (exact) mass is 308 g/mol. The number of aliphatic carboxylic acids is 1. The van der Waals surface area contributed by atoms with E-state index in [0.717, 1.165) is 0 Å². The van der Waals surface area contributed by atoms with Crippen LogP contribution in [0.25, 0.3) is 0 Å². The molecule has 0 atom stereocenters. The summed E-state index contributed by atoms with van der Waals surface area (Å²) < 4.78 is 79.9. The summed E-state index contributed by atoms with van der Waals surface area (Å²) in [5.74, 6) is -5.10. The van der Waals surface area contributed by atoms with Crippen LogP contribution in [0.3, 0.4) is 0 Å². The fourth-order valence-electron chi connectivity index (χ4n) is 1.62. The molecule has 1 rings (SSSR count). The lowest BCUT2D eigenvalue weighted by Crippen LogP contribution is -2.61. The first kappa shape index (κ1) is 16.6. The van der Waals surface area contributed by atoms with Crippen molar-refractivity contribution < 1.29 is 45.8 Å². The van der Waals surface area contributed by atoms with Crippen molar-refractivity contribution in [2.24, 2.45) is 5.92 Å². The molecule has 116 valence electrons. The number of carboxylic acids is 1. The smallest absolute Gasteiger partial charge is 0.438 e. The van der Waals surface area contributed by atoms with E-state index in [2.05, 4.69) is 4.74 Å². The van der Waals surface area contributed by atoms with Crippen LogP contribution in [0.2, 0.25) is 0 Å². The maximum Gasteiger partial charge on any atom is 0.438 e. The summed E-state index contributed by atoms with van der Waals surface area (Å²) in [6.07, 6.45) is -13.8. The van der Waals surface area contributed by atoms with Gasteiger partial charge in [0.15, 0.2) is 0 Å². The minimum atomic E-state index is -6.08. The molecule has 0 unspecified atom stereocenters. The Balaban J connectivity index is 3.15. The second-order valence-electron chi connectivity index (χ2n) is 4.44. The van der Waals surface area contributed by atoms with E-state index in [1.54, 1.807) is 0 Å². The molecular formula is C10H10F6O4. The number of alkyl halides is 6. The van der Waals surface area contributed by atoms with Crippen molar-refractivity contribution in [2.45, 2.75) is 43.6 Å². The lowest BCUT2D eigenvalue weighted by Gasteiger charge is -2.37. The van der Waals surface area contributed by atoms with Crippen molar-refractivity contribution in [2.75, 3.05) is 0 Å². The third-order valence-electron chi connectivity index (χ3n) is 3.03. The van der Waals surface area contributed by atoms with Crippen molar-refractivity contribution in [3.63, 3.8) is 0 Å². The standard InChI is InChI=1S/C10H10F6O4/c11-9(12,13)8(4-6(17)18,10(14,15)16)20-7(19)5-2-1-3-5/h5H,1-4H2,(H,17,18). The van der Waals surface area contributed by atoms with Crippen LogP contribution in [0.4, 0.5) is 26.3 Å². The van der Waals surface area contributed by atoms with Crippen LogP contribution < -0.4 is 0 Å². The summed E-state index contributed by atoms with van der Waals surface area (Å²) in [7, 11) is 0. The van der Waals surface area contributed by atoms with Gasteiger partial charge in [0.2, 0.25) is 0 Å². The minimum Gasteiger partial charge on any atom is -0.481 e. The Morgan fingerprint density at radius 1 is 1.05 bits per heavy atom. The zero-order valence-corrected chi connectivity index (χ0v) is 9.85. The Morgan fingerprint density at radius 3 is 1.75 bits per heavy atom. The van der Waals surface area contributed by atoms with Crippen LogP contribution in [-0.2, 0) is 14.3 Å². The van der Waals surface area contributed by atoms with E-state index < -0.39 is 42.2 Å². The minimum absolute atomic E-state index is 0.123. The number of carbonyl (C=O) groups excluding carboxylic acids is 1. The van der Waals surface area contributed by atoms with Gasteiger partial charge in [-0.2, -0.15) is 26.3 Å². The Hall–Kier alpha value is -1.48. The fraction of sp³-hybridized carbons (Fsp3) is 0.800. The summed E-state index contributed by atoms with van der Waals surface area (Å²) in [4.78, 5) is 21.7. The number of hydrogen-bond acceptors (Lipinski definition) is 3.